The number of benzene rings is 2. The number of piperidine rings is 1. The second kappa shape index (κ2) is 10.6. The van der Waals surface area contributed by atoms with Crippen LogP contribution in [0.2, 0.25) is 0 Å². The molecule has 2 aliphatic rings. The number of hydrogen-bond donors (Lipinski definition) is 1. The summed E-state index contributed by atoms with van der Waals surface area (Å²) >= 11 is 0. The molecule has 0 bridgehead atoms. The van der Waals surface area contributed by atoms with E-state index in [1.807, 2.05) is 0 Å². The lowest BCUT2D eigenvalue weighted by atomic mass is 10.1. The summed E-state index contributed by atoms with van der Waals surface area (Å²) in [6.07, 6.45) is 3.97. The van der Waals surface area contributed by atoms with Crippen LogP contribution < -0.4 is 10.6 Å². The lowest BCUT2D eigenvalue weighted by Gasteiger charge is -2.36. The van der Waals surface area contributed by atoms with Crippen LogP contribution in [0.25, 0.3) is 28.0 Å². The topological polar surface area (TPSA) is 79.3 Å². The molecule has 0 unspecified atom stereocenters. The summed E-state index contributed by atoms with van der Waals surface area (Å²) in [6.45, 7) is 8.08. The summed E-state index contributed by atoms with van der Waals surface area (Å²) in [4.78, 5) is 16.9. The van der Waals surface area contributed by atoms with Crippen molar-refractivity contribution in [1.29, 1.82) is 0 Å². The van der Waals surface area contributed by atoms with Crippen molar-refractivity contribution in [2.45, 2.75) is 19.3 Å². The van der Waals surface area contributed by atoms with Gasteiger partial charge in [0.2, 0.25) is 5.95 Å². The van der Waals surface area contributed by atoms with Gasteiger partial charge in [0, 0.05) is 44.8 Å². The molecule has 198 valence electrons. The maximum absolute atomic E-state index is 14.0. The van der Waals surface area contributed by atoms with E-state index in [0.717, 1.165) is 39.3 Å². The number of likely N-dealkylation sites (tertiary alicyclic amines) is 1. The van der Waals surface area contributed by atoms with Gasteiger partial charge in [-0.3, -0.25) is 4.90 Å². The number of nitrogens with two attached hydrogens (primary N) is 1. The molecule has 38 heavy (non-hydrogen) atoms. The number of nitrogens with zero attached hydrogens (tertiary/aromatic N) is 7. The number of fused-ring (bicyclic) bond motifs is 1. The standard InChI is InChI=1S/C28H32F2N8/c29-21-9-7-20(8-10-21)25-24-26(31)38(23-6-4-5-22(30)19-23)34-27(24)33-28(32-25)37-17-15-36(16-18-37)14-13-35-11-2-1-3-12-35/h4-10,19H,1-3,11-18,31H2. The molecule has 2 N–H and O–H groups in total. The van der Waals surface area contributed by atoms with Crippen LogP contribution in [0.3, 0.4) is 0 Å². The van der Waals surface area contributed by atoms with Crippen LogP contribution in [0, 0.1) is 11.6 Å². The Hall–Kier alpha value is -3.63. The Kier molecular flexibility index (Phi) is 6.90. The van der Waals surface area contributed by atoms with Gasteiger partial charge in [-0.2, -0.15) is 4.98 Å². The van der Waals surface area contributed by atoms with Gasteiger partial charge in [-0.05, 0) is 68.4 Å². The van der Waals surface area contributed by atoms with Crippen molar-refractivity contribution in [3.63, 3.8) is 0 Å². The Bertz CT molecular complexity index is 1410. The third kappa shape index (κ3) is 5.06. The molecule has 0 radical (unpaired) electrons. The first-order chi connectivity index (χ1) is 18.5. The van der Waals surface area contributed by atoms with Crippen molar-refractivity contribution in [3.05, 3.63) is 60.2 Å². The van der Waals surface area contributed by atoms with E-state index in [0.29, 0.717) is 39.7 Å². The highest BCUT2D eigenvalue weighted by Crippen LogP contribution is 2.33. The maximum atomic E-state index is 14.0. The van der Waals surface area contributed by atoms with Crippen molar-refractivity contribution in [1.82, 2.24) is 29.5 Å². The molecule has 2 fully saturated rings. The average Bonchev–Trinajstić information content (AvgIpc) is 3.29. The number of anilines is 2. The fraction of sp³-hybridized carbons (Fsp3) is 0.393. The van der Waals surface area contributed by atoms with Crippen molar-refractivity contribution in [2.75, 3.05) is 63.0 Å². The molecule has 10 heteroatoms. The Morgan fingerprint density at radius 1 is 0.763 bits per heavy atom. The fourth-order valence-electron chi connectivity index (χ4n) is 5.40. The van der Waals surface area contributed by atoms with Crippen molar-refractivity contribution in [2.24, 2.45) is 0 Å². The van der Waals surface area contributed by atoms with Gasteiger partial charge < -0.3 is 15.5 Å². The van der Waals surface area contributed by atoms with E-state index in [1.54, 1.807) is 24.3 Å². The van der Waals surface area contributed by atoms with E-state index < -0.39 is 0 Å². The number of nitrogen functional groups attached to an aromatic ring is 1. The molecule has 0 aliphatic carbocycles. The second-order valence-electron chi connectivity index (χ2n) is 10.1. The van der Waals surface area contributed by atoms with Gasteiger partial charge in [-0.15, -0.1) is 5.10 Å². The third-order valence-electron chi connectivity index (χ3n) is 7.56. The molecule has 6 rings (SSSR count). The van der Waals surface area contributed by atoms with Gasteiger partial charge in [0.25, 0.3) is 0 Å². The normalized spacial score (nSPS) is 17.4. The first kappa shape index (κ1) is 24.7. The molecular weight excluding hydrogens is 486 g/mol. The quantitative estimate of drug-likeness (QED) is 0.414. The zero-order valence-electron chi connectivity index (χ0n) is 21.4. The highest BCUT2D eigenvalue weighted by atomic mass is 19.1. The first-order valence-electron chi connectivity index (χ1n) is 13.3. The lowest BCUT2D eigenvalue weighted by molar-refractivity contribution is 0.176. The molecule has 0 atom stereocenters. The van der Waals surface area contributed by atoms with Gasteiger partial charge in [0.15, 0.2) is 5.65 Å². The van der Waals surface area contributed by atoms with Gasteiger partial charge in [-0.25, -0.2) is 18.4 Å². The van der Waals surface area contributed by atoms with Crippen LogP contribution in [0.5, 0.6) is 0 Å². The number of halogens is 2. The molecule has 2 aliphatic heterocycles. The van der Waals surface area contributed by atoms with E-state index in [9.17, 15) is 8.78 Å². The minimum absolute atomic E-state index is 0.305. The minimum Gasteiger partial charge on any atom is -0.383 e. The van der Waals surface area contributed by atoms with Gasteiger partial charge in [0.05, 0.1) is 16.8 Å². The monoisotopic (exact) mass is 518 g/mol. The highest BCUT2D eigenvalue weighted by molar-refractivity contribution is 5.99. The predicted octanol–water partition coefficient (Wildman–Crippen LogP) is 3.95. The fourth-order valence-corrected chi connectivity index (χ4v) is 5.40. The number of aromatic nitrogens is 4. The first-order valence-corrected chi connectivity index (χ1v) is 13.3. The number of hydrogen-bond acceptors (Lipinski definition) is 7. The summed E-state index contributed by atoms with van der Waals surface area (Å²) in [5, 5.41) is 5.20. The van der Waals surface area contributed by atoms with Crippen LogP contribution in [0.1, 0.15) is 19.3 Å². The van der Waals surface area contributed by atoms with E-state index in [1.165, 1.54) is 61.3 Å². The lowest BCUT2D eigenvalue weighted by Crippen LogP contribution is -2.49. The smallest absolute Gasteiger partial charge is 0.228 e. The SMILES string of the molecule is Nc1c2c(-c3ccc(F)cc3)nc(N3CCN(CCN4CCCCC4)CC3)nc2nn1-c1cccc(F)c1. The minimum atomic E-state index is -0.384. The van der Waals surface area contributed by atoms with Crippen molar-refractivity contribution < 1.29 is 8.78 Å². The molecule has 2 aromatic heterocycles. The zero-order chi connectivity index (χ0) is 26.1. The van der Waals surface area contributed by atoms with Crippen LogP contribution in [-0.2, 0) is 0 Å². The maximum Gasteiger partial charge on any atom is 0.228 e. The van der Waals surface area contributed by atoms with E-state index in [2.05, 4.69) is 19.8 Å². The average molecular weight is 519 g/mol. The van der Waals surface area contributed by atoms with Crippen molar-refractivity contribution in [3.8, 4) is 16.9 Å². The largest absolute Gasteiger partial charge is 0.383 e. The van der Waals surface area contributed by atoms with Gasteiger partial charge in [-0.1, -0.05) is 12.5 Å². The molecule has 4 heterocycles. The summed E-state index contributed by atoms with van der Waals surface area (Å²) in [5.41, 5.74) is 8.74. The van der Waals surface area contributed by atoms with Crippen LogP contribution in [0.15, 0.2) is 48.5 Å². The Morgan fingerprint density at radius 3 is 2.18 bits per heavy atom. The van der Waals surface area contributed by atoms with Crippen LogP contribution in [-0.4, -0.2) is 81.9 Å². The summed E-state index contributed by atoms with van der Waals surface area (Å²) in [6, 6.07) is 12.2. The molecule has 2 saturated heterocycles. The van der Waals surface area contributed by atoms with E-state index in [-0.39, 0.29) is 11.6 Å². The molecular formula is C28H32F2N8. The number of rotatable bonds is 6. The zero-order valence-corrected chi connectivity index (χ0v) is 21.4. The molecule has 4 aromatic rings. The number of piperazine rings is 1. The van der Waals surface area contributed by atoms with Crippen molar-refractivity contribution >= 4 is 22.8 Å². The molecule has 8 nitrogen and oxygen atoms in total. The Morgan fingerprint density at radius 2 is 1.47 bits per heavy atom. The van der Waals surface area contributed by atoms with Crippen LogP contribution in [0.4, 0.5) is 20.5 Å². The Balaban J connectivity index is 1.29. The molecule has 0 amide bonds. The van der Waals surface area contributed by atoms with E-state index in [4.69, 9.17) is 15.7 Å². The van der Waals surface area contributed by atoms with E-state index >= 15 is 0 Å². The third-order valence-corrected chi connectivity index (χ3v) is 7.56. The Labute approximate surface area is 220 Å². The highest BCUT2D eigenvalue weighted by Gasteiger charge is 2.24. The van der Waals surface area contributed by atoms with Gasteiger partial charge >= 0.3 is 0 Å². The van der Waals surface area contributed by atoms with Crippen LogP contribution >= 0.6 is 0 Å². The summed E-state index contributed by atoms with van der Waals surface area (Å²) < 4.78 is 29.2. The predicted molar refractivity (Wildman–Crippen MR) is 145 cm³/mol. The summed E-state index contributed by atoms with van der Waals surface area (Å²) in [7, 11) is 0. The van der Waals surface area contributed by atoms with Gasteiger partial charge in [0.1, 0.15) is 17.5 Å². The molecule has 0 spiro atoms. The molecule has 0 saturated carbocycles. The summed E-state index contributed by atoms with van der Waals surface area (Å²) in [5.74, 6) is 0.156. The molecule has 2 aromatic carbocycles. The second-order valence-corrected chi connectivity index (χ2v) is 10.1.